The number of carbonyl (C=O) groups excluding carboxylic acids is 1. The van der Waals surface area contributed by atoms with Gasteiger partial charge in [-0.1, -0.05) is 50.5 Å². The molecule has 1 aliphatic rings. The van der Waals surface area contributed by atoms with Crippen LogP contribution in [0.3, 0.4) is 0 Å². The number of aliphatic imine (C=N–C) groups is 1. The van der Waals surface area contributed by atoms with Crippen LogP contribution in [0.4, 0.5) is 0 Å². The number of hydrogen-bond donors (Lipinski definition) is 0. The summed E-state index contributed by atoms with van der Waals surface area (Å²) in [6, 6.07) is 8.19. The smallest absolute Gasteiger partial charge is 0.351 e. The van der Waals surface area contributed by atoms with Gasteiger partial charge in [0.2, 0.25) is 6.23 Å². The number of esters is 1. The second kappa shape index (κ2) is 6.34. The summed E-state index contributed by atoms with van der Waals surface area (Å²) in [4.78, 5) is 14.9. The summed E-state index contributed by atoms with van der Waals surface area (Å²) < 4.78 is 5.04. The molecule has 1 unspecified atom stereocenters. The maximum absolute atomic E-state index is 10.9. The molecule has 0 aromatic heterocycles. The molecule has 1 aromatic carbocycles. The molecule has 0 fully saturated rings. The van der Waals surface area contributed by atoms with E-state index >= 15 is 0 Å². The van der Waals surface area contributed by atoms with E-state index in [9.17, 15) is 4.79 Å². The van der Waals surface area contributed by atoms with Gasteiger partial charge in [-0.25, -0.2) is 9.79 Å². The van der Waals surface area contributed by atoms with Crippen LogP contribution in [-0.2, 0) is 16.0 Å². The third-order valence-electron chi connectivity index (χ3n) is 3.13. The second-order valence-electron chi connectivity index (χ2n) is 4.62. The average Bonchev–Trinajstić information content (AvgIpc) is 2.82. The van der Waals surface area contributed by atoms with E-state index in [0.29, 0.717) is 0 Å². The lowest BCUT2D eigenvalue weighted by molar-refractivity contribution is -0.137. The van der Waals surface area contributed by atoms with Crippen molar-refractivity contribution in [3.05, 3.63) is 35.4 Å². The van der Waals surface area contributed by atoms with Gasteiger partial charge in [-0.15, -0.1) is 0 Å². The van der Waals surface area contributed by atoms with Crippen LogP contribution in [-0.4, -0.2) is 12.2 Å². The molecular formula is C15H19NO2. The summed E-state index contributed by atoms with van der Waals surface area (Å²) in [6.45, 7) is 2.22. The first kappa shape index (κ1) is 12.8. The van der Waals surface area contributed by atoms with Crippen LogP contribution in [0.15, 0.2) is 29.3 Å². The molecule has 0 N–H and O–H groups in total. The SMILES string of the molecule is CCCCCCc1ccc(C2N=CC(=O)O2)cc1. The van der Waals surface area contributed by atoms with Crippen molar-refractivity contribution >= 4 is 12.2 Å². The Bertz CT molecular complexity index is 423. The molecule has 1 aromatic rings. The number of cyclic esters (lactones) is 1. The zero-order valence-corrected chi connectivity index (χ0v) is 10.8. The number of aryl methyl sites for hydroxylation is 1. The first-order valence-electron chi connectivity index (χ1n) is 6.62. The normalized spacial score (nSPS) is 18.1. The van der Waals surface area contributed by atoms with E-state index in [1.165, 1.54) is 37.5 Å². The highest BCUT2D eigenvalue weighted by Crippen LogP contribution is 2.22. The van der Waals surface area contributed by atoms with E-state index in [0.717, 1.165) is 12.0 Å². The first-order valence-corrected chi connectivity index (χ1v) is 6.62. The van der Waals surface area contributed by atoms with E-state index in [1.54, 1.807) is 0 Å². The Labute approximate surface area is 108 Å². The van der Waals surface area contributed by atoms with Gasteiger partial charge in [0.25, 0.3) is 0 Å². The number of rotatable bonds is 6. The molecular weight excluding hydrogens is 226 g/mol. The fourth-order valence-corrected chi connectivity index (χ4v) is 2.06. The highest BCUT2D eigenvalue weighted by Gasteiger charge is 2.19. The maximum Gasteiger partial charge on any atom is 0.351 e. The van der Waals surface area contributed by atoms with E-state index in [4.69, 9.17) is 4.74 Å². The van der Waals surface area contributed by atoms with Gasteiger partial charge in [0, 0.05) is 5.56 Å². The Hall–Kier alpha value is -1.64. The zero-order chi connectivity index (χ0) is 12.8. The molecule has 1 atom stereocenters. The highest BCUT2D eigenvalue weighted by atomic mass is 16.6. The molecule has 0 saturated carbocycles. The first-order chi connectivity index (χ1) is 8.79. The second-order valence-corrected chi connectivity index (χ2v) is 4.62. The minimum absolute atomic E-state index is 0.358. The summed E-state index contributed by atoms with van der Waals surface area (Å²) in [5, 5.41) is 0. The van der Waals surface area contributed by atoms with Crippen molar-refractivity contribution in [3.8, 4) is 0 Å². The van der Waals surface area contributed by atoms with Crippen LogP contribution in [0.25, 0.3) is 0 Å². The van der Waals surface area contributed by atoms with Gasteiger partial charge in [0.15, 0.2) is 0 Å². The van der Waals surface area contributed by atoms with Crippen molar-refractivity contribution in [1.82, 2.24) is 0 Å². The number of carbonyl (C=O) groups is 1. The molecule has 0 bridgehead atoms. The predicted molar refractivity (Wildman–Crippen MR) is 71.6 cm³/mol. The molecule has 18 heavy (non-hydrogen) atoms. The lowest BCUT2D eigenvalue weighted by Gasteiger charge is -2.08. The average molecular weight is 245 g/mol. The highest BCUT2D eigenvalue weighted by molar-refractivity contribution is 6.24. The molecule has 0 amide bonds. The van der Waals surface area contributed by atoms with Crippen molar-refractivity contribution in [2.24, 2.45) is 4.99 Å². The Morgan fingerprint density at radius 2 is 1.94 bits per heavy atom. The number of unbranched alkanes of at least 4 members (excludes halogenated alkanes) is 3. The van der Waals surface area contributed by atoms with Crippen molar-refractivity contribution < 1.29 is 9.53 Å². The quantitative estimate of drug-likeness (QED) is 0.569. The van der Waals surface area contributed by atoms with Crippen LogP contribution in [0.2, 0.25) is 0 Å². The van der Waals surface area contributed by atoms with Crippen molar-refractivity contribution in [1.29, 1.82) is 0 Å². The van der Waals surface area contributed by atoms with Crippen LogP contribution < -0.4 is 0 Å². The van der Waals surface area contributed by atoms with E-state index in [2.05, 4.69) is 24.0 Å². The van der Waals surface area contributed by atoms with Crippen LogP contribution >= 0.6 is 0 Å². The van der Waals surface area contributed by atoms with Gasteiger partial charge in [-0.2, -0.15) is 0 Å². The van der Waals surface area contributed by atoms with Crippen molar-refractivity contribution in [2.75, 3.05) is 0 Å². The van der Waals surface area contributed by atoms with Gasteiger partial charge in [-0.3, -0.25) is 0 Å². The Kier molecular flexibility index (Phi) is 4.51. The fourth-order valence-electron chi connectivity index (χ4n) is 2.06. The number of hydrogen-bond acceptors (Lipinski definition) is 3. The fraction of sp³-hybridized carbons (Fsp3) is 0.467. The Morgan fingerprint density at radius 3 is 2.56 bits per heavy atom. The summed E-state index contributed by atoms with van der Waals surface area (Å²) in [6.07, 6.45) is 7.03. The Balaban J connectivity index is 1.86. The summed E-state index contributed by atoms with van der Waals surface area (Å²) in [7, 11) is 0. The predicted octanol–water partition coefficient (Wildman–Crippen LogP) is 3.44. The standard InChI is InChI=1S/C15H19NO2/c1-2-3-4-5-6-12-7-9-13(10-8-12)15-16-11-14(17)18-15/h7-11,15H,2-6H2,1H3. The minimum Gasteiger partial charge on any atom is -0.431 e. The van der Waals surface area contributed by atoms with E-state index in [-0.39, 0.29) is 5.97 Å². The summed E-state index contributed by atoms with van der Waals surface area (Å²) in [5.74, 6) is -0.358. The van der Waals surface area contributed by atoms with E-state index in [1.807, 2.05) is 12.1 Å². The lowest BCUT2D eigenvalue weighted by atomic mass is 10.0. The molecule has 1 aliphatic heterocycles. The molecule has 3 nitrogen and oxygen atoms in total. The molecule has 1 heterocycles. The van der Waals surface area contributed by atoms with Crippen molar-refractivity contribution in [2.45, 2.75) is 45.3 Å². The van der Waals surface area contributed by atoms with Gasteiger partial charge in [-0.05, 0) is 18.4 Å². The van der Waals surface area contributed by atoms with Crippen LogP contribution in [0.5, 0.6) is 0 Å². The minimum atomic E-state index is -0.438. The summed E-state index contributed by atoms with van der Waals surface area (Å²) in [5.41, 5.74) is 2.28. The molecule has 0 saturated heterocycles. The van der Waals surface area contributed by atoms with Gasteiger partial charge in [0.1, 0.15) is 6.21 Å². The maximum atomic E-state index is 10.9. The molecule has 2 rings (SSSR count). The van der Waals surface area contributed by atoms with E-state index < -0.39 is 6.23 Å². The number of benzene rings is 1. The van der Waals surface area contributed by atoms with Gasteiger partial charge in [0.05, 0.1) is 0 Å². The van der Waals surface area contributed by atoms with Gasteiger partial charge >= 0.3 is 5.97 Å². The third-order valence-corrected chi connectivity index (χ3v) is 3.13. The molecule has 96 valence electrons. The topological polar surface area (TPSA) is 38.7 Å². The van der Waals surface area contributed by atoms with Gasteiger partial charge < -0.3 is 4.74 Å². The largest absolute Gasteiger partial charge is 0.431 e. The van der Waals surface area contributed by atoms with Crippen LogP contribution in [0.1, 0.15) is 50.0 Å². The van der Waals surface area contributed by atoms with Crippen LogP contribution in [0, 0.1) is 0 Å². The molecule has 0 aliphatic carbocycles. The third kappa shape index (κ3) is 3.42. The number of nitrogens with zero attached hydrogens (tertiary/aromatic N) is 1. The Morgan fingerprint density at radius 1 is 1.17 bits per heavy atom. The zero-order valence-electron chi connectivity index (χ0n) is 10.8. The molecule has 0 radical (unpaired) electrons. The summed E-state index contributed by atoms with van der Waals surface area (Å²) >= 11 is 0. The van der Waals surface area contributed by atoms with Crippen molar-refractivity contribution in [3.63, 3.8) is 0 Å². The molecule has 3 heteroatoms. The molecule has 0 spiro atoms. The number of ether oxygens (including phenoxy) is 1. The lowest BCUT2D eigenvalue weighted by Crippen LogP contribution is -2.01. The monoisotopic (exact) mass is 245 g/mol.